The van der Waals surface area contributed by atoms with Gasteiger partial charge in [-0.3, -0.25) is 19.0 Å². The normalized spacial score (nSPS) is 15.6. The summed E-state index contributed by atoms with van der Waals surface area (Å²) in [5.74, 6) is -1.63. The van der Waals surface area contributed by atoms with Gasteiger partial charge >= 0.3 is 0 Å². The Morgan fingerprint density at radius 3 is 2.35 bits per heavy atom. The number of primary amides is 1. The van der Waals surface area contributed by atoms with Gasteiger partial charge in [-0.25, -0.2) is 4.39 Å². The molecule has 136 valence electrons. The molecule has 1 aromatic carbocycles. The third-order valence-electron chi connectivity index (χ3n) is 4.91. The van der Waals surface area contributed by atoms with E-state index in [1.807, 2.05) is 0 Å². The summed E-state index contributed by atoms with van der Waals surface area (Å²) in [5.41, 5.74) is 4.74. The first-order chi connectivity index (χ1) is 12.3. The zero-order valence-corrected chi connectivity index (χ0v) is 14.4. The number of hydrogen-bond acceptors (Lipinski definition) is 3. The van der Waals surface area contributed by atoms with Gasteiger partial charge in [-0.15, -0.1) is 0 Å². The first-order valence-corrected chi connectivity index (χ1v) is 8.45. The second kappa shape index (κ2) is 6.74. The third-order valence-corrected chi connectivity index (χ3v) is 4.91. The van der Waals surface area contributed by atoms with Crippen molar-refractivity contribution in [2.24, 2.45) is 5.73 Å². The van der Waals surface area contributed by atoms with Crippen LogP contribution in [0.4, 0.5) is 4.39 Å². The highest BCUT2D eigenvalue weighted by molar-refractivity contribution is 5.99. The van der Waals surface area contributed by atoms with Gasteiger partial charge < -0.3 is 11.1 Å². The van der Waals surface area contributed by atoms with Crippen LogP contribution in [0.1, 0.15) is 41.6 Å². The number of hydrogen-bond donors (Lipinski definition) is 2. The molecule has 1 saturated carbocycles. The van der Waals surface area contributed by atoms with Crippen LogP contribution in [0.25, 0.3) is 5.69 Å². The Balaban J connectivity index is 2.01. The second-order valence-corrected chi connectivity index (χ2v) is 6.63. The summed E-state index contributed by atoms with van der Waals surface area (Å²) < 4.78 is 14.4. The highest BCUT2D eigenvalue weighted by Gasteiger charge is 2.41. The molecule has 6 nitrogen and oxygen atoms in total. The van der Waals surface area contributed by atoms with E-state index in [4.69, 9.17) is 5.73 Å². The highest BCUT2D eigenvalue weighted by Crippen LogP contribution is 2.29. The number of amides is 2. The molecular formula is C19H20FN3O3. The van der Waals surface area contributed by atoms with Crippen LogP contribution in [0.3, 0.4) is 0 Å². The molecule has 0 unspecified atom stereocenters. The van der Waals surface area contributed by atoms with E-state index in [0.29, 0.717) is 24.1 Å². The van der Waals surface area contributed by atoms with Crippen molar-refractivity contribution in [3.05, 3.63) is 63.8 Å². The van der Waals surface area contributed by atoms with Crippen LogP contribution in [-0.2, 0) is 4.79 Å². The number of nitrogens with one attached hydrogen (secondary N) is 1. The number of nitrogens with zero attached hydrogens (tertiary/aromatic N) is 1. The smallest absolute Gasteiger partial charge is 0.268 e. The molecule has 1 heterocycles. The number of carbonyl (C=O) groups is 2. The van der Waals surface area contributed by atoms with E-state index in [1.54, 1.807) is 13.0 Å². The fourth-order valence-electron chi connectivity index (χ4n) is 3.40. The van der Waals surface area contributed by atoms with Crippen LogP contribution in [-0.4, -0.2) is 21.9 Å². The van der Waals surface area contributed by atoms with E-state index in [2.05, 4.69) is 5.32 Å². The van der Waals surface area contributed by atoms with Gasteiger partial charge in [0.05, 0.1) is 0 Å². The fraction of sp³-hybridized carbons (Fsp3) is 0.316. The molecule has 7 heteroatoms. The third kappa shape index (κ3) is 3.12. The molecule has 2 amide bonds. The molecule has 1 fully saturated rings. The number of aryl methyl sites for hydroxylation is 1. The molecule has 1 aromatic heterocycles. The number of carbonyl (C=O) groups excluding carboxylic acids is 2. The monoisotopic (exact) mass is 357 g/mol. The van der Waals surface area contributed by atoms with Crippen LogP contribution >= 0.6 is 0 Å². The maximum Gasteiger partial charge on any atom is 0.268 e. The lowest BCUT2D eigenvalue weighted by Gasteiger charge is -2.26. The summed E-state index contributed by atoms with van der Waals surface area (Å²) in [6, 6.07) is 7.01. The topological polar surface area (TPSA) is 94.2 Å². The lowest BCUT2D eigenvalue weighted by atomic mass is 9.95. The summed E-state index contributed by atoms with van der Waals surface area (Å²) in [7, 11) is 0. The van der Waals surface area contributed by atoms with Crippen molar-refractivity contribution in [3.63, 3.8) is 0 Å². The Morgan fingerprint density at radius 2 is 1.77 bits per heavy atom. The predicted molar refractivity (Wildman–Crippen MR) is 94.6 cm³/mol. The molecule has 3 rings (SSSR count). The summed E-state index contributed by atoms with van der Waals surface area (Å²) in [5, 5.41) is 2.69. The number of pyridine rings is 1. The van der Waals surface area contributed by atoms with Gasteiger partial charge in [0.2, 0.25) is 5.91 Å². The Bertz CT molecular complexity index is 913. The predicted octanol–water partition coefficient (Wildman–Crippen LogP) is 1.81. The minimum Gasteiger partial charge on any atom is -0.368 e. The number of rotatable bonds is 4. The van der Waals surface area contributed by atoms with Gasteiger partial charge in [0.25, 0.3) is 11.5 Å². The molecule has 1 aliphatic rings. The Morgan fingerprint density at radius 1 is 1.15 bits per heavy atom. The van der Waals surface area contributed by atoms with Crippen molar-refractivity contribution in [2.75, 3.05) is 0 Å². The molecule has 0 radical (unpaired) electrons. The maximum atomic E-state index is 13.1. The first kappa shape index (κ1) is 17.8. The number of halogens is 1. The fourth-order valence-corrected chi connectivity index (χ4v) is 3.40. The molecular weight excluding hydrogens is 337 g/mol. The number of nitrogens with two attached hydrogens (primary N) is 1. The van der Waals surface area contributed by atoms with Gasteiger partial charge in [0.15, 0.2) is 0 Å². The van der Waals surface area contributed by atoms with Crippen molar-refractivity contribution in [1.82, 2.24) is 9.88 Å². The van der Waals surface area contributed by atoms with Gasteiger partial charge in [-0.1, -0.05) is 12.8 Å². The molecule has 0 saturated heterocycles. The number of benzene rings is 1. The van der Waals surface area contributed by atoms with Crippen LogP contribution in [0.15, 0.2) is 41.3 Å². The van der Waals surface area contributed by atoms with E-state index in [-0.39, 0.29) is 5.56 Å². The summed E-state index contributed by atoms with van der Waals surface area (Å²) >= 11 is 0. The van der Waals surface area contributed by atoms with Crippen molar-refractivity contribution in [2.45, 2.75) is 38.1 Å². The molecule has 0 aliphatic heterocycles. The standard InChI is InChI=1S/C19H20FN3O3/c1-12-8-11-23(14-6-4-13(20)5-7-14)17(25)15(12)16(24)22-19(18(21)26)9-2-3-10-19/h4-8,11H,2-3,9-10H2,1H3,(H2,21,26)(H,22,24). The van der Waals surface area contributed by atoms with Crippen LogP contribution in [0.2, 0.25) is 0 Å². The Kier molecular flexibility index (Phi) is 4.63. The zero-order chi connectivity index (χ0) is 18.9. The van der Waals surface area contributed by atoms with E-state index in [1.165, 1.54) is 35.0 Å². The quantitative estimate of drug-likeness (QED) is 0.874. The minimum atomic E-state index is -1.10. The maximum absolute atomic E-state index is 13.1. The van der Waals surface area contributed by atoms with Crippen LogP contribution < -0.4 is 16.6 Å². The van der Waals surface area contributed by atoms with Crippen LogP contribution in [0.5, 0.6) is 0 Å². The number of aromatic nitrogens is 1. The zero-order valence-electron chi connectivity index (χ0n) is 14.4. The molecule has 0 spiro atoms. The van der Waals surface area contributed by atoms with E-state index >= 15 is 0 Å². The lowest BCUT2D eigenvalue weighted by Crippen LogP contribution is -2.56. The van der Waals surface area contributed by atoms with Crippen molar-refractivity contribution in [1.29, 1.82) is 0 Å². The van der Waals surface area contributed by atoms with Gasteiger partial charge in [0.1, 0.15) is 16.9 Å². The van der Waals surface area contributed by atoms with Crippen molar-refractivity contribution < 1.29 is 14.0 Å². The van der Waals surface area contributed by atoms with Gasteiger partial charge in [-0.2, -0.15) is 0 Å². The van der Waals surface area contributed by atoms with E-state index in [0.717, 1.165) is 12.8 Å². The first-order valence-electron chi connectivity index (χ1n) is 8.45. The molecule has 0 bridgehead atoms. The highest BCUT2D eigenvalue weighted by atomic mass is 19.1. The van der Waals surface area contributed by atoms with Gasteiger partial charge in [-0.05, 0) is 55.7 Å². The molecule has 0 atom stereocenters. The molecule has 26 heavy (non-hydrogen) atoms. The lowest BCUT2D eigenvalue weighted by molar-refractivity contribution is -0.123. The average Bonchev–Trinajstić information content (AvgIpc) is 3.06. The van der Waals surface area contributed by atoms with Gasteiger partial charge in [0, 0.05) is 11.9 Å². The van der Waals surface area contributed by atoms with Crippen molar-refractivity contribution >= 4 is 11.8 Å². The molecule has 2 aromatic rings. The summed E-state index contributed by atoms with van der Waals surface area (Å²) in [6.45, 7) is 1.65. The minimum absolute atomic E-state index is 0.0515. The summed E-state index contributed by atoms with van der Waals surface area (Å²) in [4.78, 5) is 37.5. The molecule has 3 N–H and O–H groups in total. The Labute approximate surface area is 149 Å². The van der Waals surface area contributed by atoms with E-state index in [9.17, 15) is 18.8 Å². The largest absolute Gasteiger partial charge is 0.368 e. The van der Waals surface area contributed by atoms with Crippen LogP contribution in [0, 0.1) is 12.7 Å². The summed E-state index contributed by atoms with van der Waals surface area (Å²) in [6.07, 6.45) is 4.03. The van der Waals surface area contributed by atoms with E-state index < -0.39 is 28.7 Å². The Hall–Kier alpha value is -2.96. The SMILES string of the molecule is Cc1ccn(-c2ccc(F)cc2)c(=O)c1C(=O)NC1(C(N)=O)CCCC1. The van der Waals surface area contributed by atoms with Crippen molar-refractivity contribution in [3.8, 4) is 5.69 Å². The average molecular weight is 357 g/mol. The second-order valence-electron chi connectivity index (χ2n) is 6.63. The molecule has 1 aliphatic carbocycles.